The van der Waals surface area contributed by atoms with Crippen LogP contribution in [0.5, 0.6) is 0 Å². The molecule has 0 atom stereocenters. The van der Waals surface area contributed by atoms with Crippen LogP contribution in [-0.2, 0) is 14.8 Å². The molecule has 0 aromatic rings. The van der Waals surface area contributed by atoms with Crippen molar-refractivity contribution in [3.63, 3.8) is 0 Å². The maximum Gasteiger partial charge on any atom is 0.212 e. The van der Waals surface area contributed by atoms with Crippen molar-refractivity contribution in [2.75, 3.05) is 32.6 Å². The van der Waals surface area contributed by atoms with Crippen molar-refractivity contribution in [3.8, 4) is 0 Å². The highest BCUT2D eigenvalue weighted by atomic mass is 32.2. The van der Waals surface area contributed by atoms with E-state index in [4.69, 9.17) is 4.74 Å². The van der Waals surface area contributed by atoms with E-state index < -0.39 is 15.6 Å². The summed E-state index contributed by atoms with van der Waals surface area (Å²) in [5.74, 6) is 0.494. The Bertz CT molecular complexity index is 322. The number of hydrogen-bond donors (Lipinski definition) is 2. The highest BCUT2D eigenvalue weighted by Crippen LogP contribution is 2.15. The fourth-order valence-electron chi connectivity index (χ4n) is 2.21. The molecule has 1 fully saturated rings. The van der Waals surface area contributed by atoms with E-state index in [1.54, 1.807) is 7.11 Å². The Kier molecular flexibility index (Phi) is 5.37. The average molecular weight is 264 g/mol. The Hall–Kier alpha value is -0.170. The van der Waals surface area contributed by atoms with Crippen LogP contribution in [0, 0.1) is 5.92 Å². The number of rotatable bonds is 6. The molecule has 5 nitrogen and oxygen atoms in total. The number of nitrogens with one attached hydrogen (secondary N) is 2. The van der Waals surface area contributed by atoms with E-state index in [0.717, 1.165) is 25.9 Å². The first-order chi connectivity index (χ1) is 7.85. The Labute approximate surface area is 104 Å². The van der Waals surface area contributed by atoms with Gasteiger partial charge in [0.25, 0.3) is 0 Å². The van der Waals surface area contributed by atoms with Crippen LogP contribution < -0.4 is 10.0 Å². The van der Waals surface area contributed by atoms with Crippen molar-refractivity contribution in [1.82, 2.24) is 10.0 Å². The van der Waals surface area contributed by atoms with Crippen LogP contribution in [0.4, 0.5) is 0 Å². The fourth-order valence-corrected chi connectivity index (χ4v) is 4.15. The Morgan fingerprint density at radius 1 is 1.35 bits per heavy atom. The van der Waals surface area contributed by atoms with Gasteiger partial charge in [0.15, 0.2) is 0 Å². The van der Waals surface area contributed by atoms with Crippen LogP contribution in [0.15, 0.2) is 0 Å². The summed E-state index contributed by atoms with van der Waals surface area (Å²) in [5, 5.41) is 3.23. The molecule has 0 aliphatic carbocycles. The molecule has 0 spiro atoms. The normalized spacial score (nSPS) is 19.5. The van der Waals surface area contributed by atoms with E-state index in [2.05, 4.69) is 10.0 Å². The van der Waals surface area contributed by atoms with Crippen molar-refractivity contribution in [2.45, 2.75) is 32.2 Å². The first kappa shape index (κ1) is 14.9. The minimum Gasteiger partial charge on any atom is -0.383 e. The standard InChI is InChI=1S/C11H24N2O3S/c1-11(2,9-16-3)13-17(14,15)8-10-4-6-12-7-5-10/h10,12-13H,4-9H2,1-3H3. The summed E-state index contributed by atoms with van der Waals surface area (Å²) in [5.41, 5.74) is -0.541. The van der Waals surface area contributed by atoms with Crippen LogP contribution >= 0.6 is 0 Å². The maximum absolute atomic E-state index is 12.0. The van der Waals surface area contributed by atoms with E-state index in [1.165, 1.54) is 0 Å². The molecule has 17 heavy (non-hydrogen) atoms. The van der Waals surface area contributed by atoms with Gasteiger partial charge in [-0.2, -0.15) is 0 Å². The fraction of sp³-hybridized carbons (Fsp3) is 1.00. The minimum atomic E-state index is -3.22. The van der Waals surface area contributed by atoms with Gasteiger partial charge in [-0.3, -0.25) is 0 Å². The predicted molar refractivity (Wildman–Crippen MR) is 68.5 cm³/mol. The molecule has 1 aliphatic rings. The second-order valence-corrected chi connectivity index (χ2v) is 7.16. The van der Waals surface area contributed by atoms with Gasteiger partial charge < -0.3 is 10.1 Å². The lowest BCUT2D eigenvalue weighted by Gasteiger charge is -2.27. The topological polar surface area (TPSA) is 67.4 Å². The SMILES string of the molecule is COCC(C)(C)NS(=O)(=O)CC1CCNCC1. The second-order valence-electron chi connectivity index (χ2n) is 5.39. The third kappa shape index (κ3) is 5.81. The zero-order chi connectivity index (χ0) is 12.9. The molecule has 0 unspecified atom stereocenters. The van der Waals surface area contributed by atoms with Crippen LogP contribution in [0.3, 0.4) is 0 Å². The van der Waals surface area contributed by atoms with E-state index in [-0.39, 0.29) is 11.7 Å². The third-order valence-electron chi connectivity index (χ3n) is 2.85. The molecule has 0 bridgehead atoms. The summed E-state index contributed by atoms with van der Waals surface area (Å²) >= 11 is 0. The van der Waals surface area contributed by atoms with Crippen molar-refractivity contribution in [2.24, 2.45) is 5.92 Å². The number of sulfonamides is 1. The van der Waals surface area contributed by atoms with Crippen LogP contribution in [0.25, 0.3) is 0 Å². The second kappa shape index (κ2) is 6.13. The molecule has 0 aromatic carbocycles. The van der Waals surface area contributed by atoms with Gasteiger partial charge in [-0.25, -0.2) is 13.1 Å². The Balaban J connectivity index is 2.50. The molecule has 1 saturated heterocycles. The summed E-state index contributed by atoms with van der Waals surface area (Å²) in [6, 6.07) is 0. The zero-order valence-electron chi connectivity index (χ0n) is 11.0. The van der Waals surface area contributed by atoms with E-state index >= 15 is 0 Å². The van der Waals surface area contributed by atoms with Crippen LogP contribution in [-0.4, -0.2) is 46.5 Å². The molecule has 1 heterocycles. The Morgan fingerprint density at radius 3 is 2.47 bits per heavy atom. The molecule has 0 saturated carbocycles. The molecule has 0 aromatic heterocycles. The smallest absolute Gasteiger partial charge is 0.212 e. The quantitative estimate of drug-likeness (QED) is 0.725. The molecule has 0 radical (unpaired) electrons. The van der Waals surface area contributed by atoms with E-state index in [9.17, 15) is 8.42 Å². The van der Waals surface area contributed by atoms with E-state index in [1.807, 2.05) is 13.8 Å². The summed E-state index contributed by atoms with van der Waals surface area (Å²) in [7, 11) is -1.65. The van der Waals surface area contributed by atoms with Gasteiger partial charge in [0.05, 0.1) is 17.9 Å². The van der Waals surface area contributed by atoms with Gasteiger partial charge in [-0.05, 0) is 45.7 Å². The van der Waals surface area contributed by atoms with Crippen molar-refractivity contribution in [1.29, 1.82) is 0 Å². The number of methoxy groups -OCH3 is 1. The highest BCUT2D eigenvalue weighted by molar-refractivity contribution is 7.89. The molecule has 102 valence electrons. The Morgan fingerprint density at radius 2 is 1.94 bits per heavy atom. The predicted octanol–water partition coefficient (Wildman–Crippen LogP) is 0.330. The summed E-state index contributed by atoms with van der Waals surface area (Å²) in [4.78, 5) is 0. The van der Waals surface area contributed by atoms with Crippen molar-refractivity contribution >= 4 is 10.0 Å². The molecular formula is C11H24N2O3S. The monoisotopic (exact) mass is 264 g/mol. The average Bonchev–Trinajstić information content (AvgIpc) is 2.15. The molecular weight excluding hydrogens is 240 g/mol. The molecule has 6 heteroatoms. The lowest BCUT2D eigenvalue weighted by molar-refractivity contribution is 0.141. The molecule has 2 N–H and O–H groups in total. The van der Waals surface area contributed by atoms with Gasteiger partial charge >= 0.3 is 0 Å². The largest absolute Gasteiger partial charge is 0.383 e. The first-order valence-electron chi connectivity index (χ1n) is 6.06. The first-order valence-corrected chi connectivity index (χ1v) is 7.71. The zero-order valence-corrected chi connectivity index (χ0v) is 11.8. The lowest BCUT2D eigenvalue weighted by Crippen LogP contribution is -2.48. The molecule has 0 amide bonds. The number of hydrogen-bond acceptors (Lipinski definition) is 4. The van der Waals surface area contributed by atoms with Crippen LogP contribution in [0.2, 0.25) is 0 Å². The third-order valence-corrected chi connectivity index (χ3v) is 4.62. The van der Waals surface area contributed by atoms with Crippen molar-refractivity contribution < 1.29 is 13.2 Å². The number of piperidine rings is 1. The summed E-state index contributed by atoms with van der Waals surface area (Å²) < 4.78 is 31.7. The molecule has 1 rings (SSSR count). The lowest BCUT2D eigenvalue weighted by atomic mass is 10.0. The summed E-state index contributed by atoms with van der Waals surface area (Å²) in [6.45, 7) is 5.87. The van der Waals surface area contributed by atoms with Gasteiger partial charge in [0, 0.05) is 7.11 Å². The van der Waals surface area contributed by atoms with Gasteiger partial charge in [0.1, 0.15) is 0 Å². The maximum atomic E-state index is 12.0. The number of ether oxygens (including phenoxy) is 1. The minimum absolute atomic E-state index is 0.224. The molecule has 1 aliphatic heterocycles. The highest BCUT2D eigenvalue weighted by Gasteiger charge is 2.27. The van der Waals surface area contributed by atoms with Crippen LogP contribution in [0.1, 0.15) is 26.7 Å². The van der Waals surface area contributed by atoms with Gasteiger partial charge in [-0.15, -0.1) is 0 Å². The van der Waals surface area contributed by atoms with E-state index in [0.29, 0.717) is 6.61 Å². The van der Waals surface area contributed by atoms with Crippen molar-refractivity contribution in [3.05, 3.63) is 0 Å². The summed E-state index contributed by atoms with van der Waals surface area (Å²) in [6.07, 6.45) is 1.87. The van der Waals surface area contributed by atoms with Gasteiger partial charge in [0.2, 0.25) is 10.0 Å². The van der Waals surface area contributed by atoms with Gasteiger partial charge in [-0.1, -0.05) is 0 Å².